The third kappa shape index (κ3) is 3.70. The number of hydrogen-bond acceptors (Lipinski definition) is 7. The van der Waals surface area contributed by atoms with Crippen LogP contribution >= 0.6 is 22.7 Å². The van der Waals surface area contributed by atoms with Gasteiger partial charge >= 0.3 is 0 Å². The van der Waals surface area contributed by atoms with Crippen LogP contribution in [-0.4, -0.2) is 30.6 Å². The van der Waals surface area contributed by atoms with Crippen LogP contribution in [0.5, 0.6) is 0 Å². The highest BCUT2D eigenvalue weighted by atomic mass is 32.2. The Bertz CT molecular complexity index is 1400. The quantitative estimate of drug-likeness (QED) is 0.447. The predicted molar refractivity (Wildman–Crippen MR) is 127 cm³/mol. The molecule has 0 saturated carbocycles. The van der Waals surface area contributed by atoms with Crippen molar-refractivity contribution in [3.8, 4) is 10.6 Å². The van der Waals surface area contributed by atoms with Gasteiger partial charge in [0.1, 0.15) is 5.01 Å². The number of sulfonamides is 1. The van der Waals surface area contributed by atoms with Crippen molar-refractivity contribution in [2.24, 2.45) is 0 Å². The summed E-state index contributed by atoms with van der Waals surface area (Å²) < 4.78 is 28.3. The maximum Gasteiger partial charge on any atom is 0.264 e. The fourth-order valence-electron chi connectivity index (χ4n) is 3.76. The maximum absolute atomic E-state index is 13.5. The standard InChI is InChI=1S/C22H18N4O3S3/c1-14-11-15-5-2-3-8-19(15)26(14)32(28,29)18-7-4-6-16(12-18)20(27)23-22-25-24-21(31-22)17-9-10-30-13-17/h2-10,12-14H,11H2,1H3,(H,23,25,27). The molecule has 0 radical (unpaired) electrons. The number of nitrogens with one attached hydrogen (secondary N) is 1. The Hall–Kier alpha value is -3.08. The zero-order valence-electron chi connectivity index (χ0n) is 16.9. The molecular weight excluding hydrogens is 464 g/mol. The van der Waals surface area contributed by atoms with Crippen molar-refractivity contribution in [1.29, 1.82) is 0 Å². The van der Waals surface area contributed by atoms with Gasteiger partial charge in [0.2, 0.25) is 5.13 Å². The van der Waals surface area contributed by atoms with Crippen LogP contribution in [0, 0.1) is 0 Å². The van der Waals surface area contributed by atoms with E-state index in [0.717, 1.165) is 11.1 Å². The van der Waals surface area contributed by atoms with Crippen molar-refractivity contribution in [1.82, 2.24) is 10.2 Å². The number of aromatic nitrogens is 2. The number of para-hydroxylation sites is 1. The van der Waals surface area contributed by atoms with Gasteiger partial charge in [0, 0.05) is 22.5 Å². The lowest BCUT2D eigenvalue weighted by molar-refractivity contribution is 0.102. The maximum atomic E-state index is 13.5. The Morgan fingerprint density at radius 1 is 1.12 bits per heavy atom. The topological polar surface area (TPSA) is 92.3 Å². The van der Waals surface area contributed by atoms with E-state index in [9.17, 15) is 13.2 Å². The number of fused-ring (bicyclic) bond motifs is 1. The van der Waals surface area contributed by atoms with Crippen LogP contribution < -0.4 is 9.62 Å². The van der Waals surface area contributed by atoms with Crippen LogP contribution in [0.25, 0.3) is 10.6 Å². The second-order valence-corrected chi connectivity index (χ2v) is 11.0. The summed E-state index contributed by atoms with van der Waals surface area (Å²) in [5, 5.41) is 15.8. The molecule has 4 aromatic rings. The van der Waals surface area contributed by atoms with Crippen LogP contribution in [-0.2, 0) is 16.4 Å². The summed E-state index contributed by atoms with van der Waals surface area (Å²) in [6, 6.07) is 15.3. The number of thiophene rings is 1. The number of rotatable bonds is 5. The Balaban J connectivity index is 1.40. The van der Waals surface area contributed by atoms with E-state index in [4.69, 9.17) is 0 Å². The van der Waals surface area contributed by atoms with Crippen LogP contribution in [0.2, 0.25) is 0 Å². The molecule has 7 nitrogen and oxygen atoms in total. The van der Waals surface area contributed by atoms with Gasteiger partial charge in [0.05, 0.1) is 10.6 Å². The Labute approximate surface area is 193 Å². The minimum absolute atomic E-state index is 0.0740. The highest BCUT2D eigenvalue weighted by Gasteiger charge is 2.36. The molecule has 1 aliphatic rings. The van der Waals surface area contributed by atoms with E-state index in [2.05, 4.69) is 15.5 Å². The number of benzene rings is 2. The third-order valence-electron chi connectivity index (χ3n) is 5.21. The Kier molecular flexibility index (Phi) is 5.28. The molecule has 32 heavy (non-hydrogen) atoms. The molecule has 0 saturated heterocycles. The summed E-state index contributed by atoms with van der Waals surface area (Å²) >= 11 is 2.82. The zero-order chi connectivity index (χ0) is 22.3. The van der Waals surface area contributed by atoms with Crippen molar-refractivity contribution in [3.63, 3.8) is 0 Å². The van der Waals surface area contributed by atoms with Crippen molar-refractivity contribution >= 4 is 49.4 Å². The second kappa shape index (κ2) is 8.12. The molecule has 2 aromatic carbocycles. The summed E-state index contributed by atoms with van der Waals surface area (Å²) in [4.78, 5) is 12.9. The molecule has 0 fully saturated rings. The van der Waals surface area contributed by atoms with Crippen LogP contribution in [0.4, 0.5) is 10.8 Å². The molecule has 0 spiro atoms. The molecule has 1 unspecified atom stereocenters. The van der Waals surface area contributed by atoms with Crippen LogP contribution in [0.3, 0.4) is 0 Å². The highest BCUT2D eigenvalue weighted by molar-refractivity contribution is 7.92. The van der Waals surface area contributed by atoms with E-state index in [0.29, 0.717) is 22.2 Å². The Morgan fingerprint density at radius 2 is 1.97 bits per heavy atom. The lowest BCUT2D eigenvalue weighted by Gasteiger charge is -2.24. The van der Waals surface area contributed by atoms with Gasteiger partial charge in [-0.3, -0.25) is 14.4 Å². The number of carbonyl (C=O) groups excluding carboxylic acids is 1. The van der Waals surface area contributed by atoms with E-state index in [1.54, 1.807) is 23.5 Å². The van der Waals surface area contributed by atoms with E-state index in [-0.39, 0.29) is 16.5 Å². The number of carbonyl (C=O) groups is 1. The molecule has 1 aliphatic heterocycles. The molecule has 162 valence electrons. The van der Waals surface area contributed by atoms with Gasteiger partial charge in [-0.15, -0.1) is 10.2 Å². The molecule has 1 N–H and O–H groups in total. The van der Waals surface area contributed by atoms with Gasteiger partial charge < -0.3 is 0 Å². The summed E-state index contributed by atoms with van der Waals surface area (Å²) in [6.07, 6.45) is 0.652. The van der Waals surface area contributed by atoms with Crippen LogP contribution in [0.15, 0.2) is 70.3 Å². The van der Waals surface area contributed by atoms with E-state index >= 15 is 0 Å². The second-order valence-electron chi connectivity index (χ2n) is 7.39. The average Bonchev–Trinajstić information content (AvgIpc) is 3.53. The predicted octanol–water partition coefficient (Wildman–Crippen LogP) is 4.66. The monoisotopic (exact) mass is 482 g/mol. The Morgan fingerprint density at radius 3 is 2.78 bits per heavy atom. The summed E-state index contributed by atoms with van der Waals surface area (Å²) in [6.45, 7) is 1.88. The van der Waals surface area contributed by atoms with Gasteiger partial charge in [-0.2, -0.15) is 11.3 Å². The molecular formula is C22H18N4O3S3. The largest absolute Gasteiger partial charge is 0.296 e. The van der Waals surface area contributed by atoms with Gasteiger partial charge in [0.25, 0.3) is 15.9 Å². The fourth-order valence-corrected chi connectivity index (χ4v) is 6.95. The molecule has 1 amide bonds. The lowest BCUT2D eigenvalue weighted by Crippen LogP contribution is -2.35. The van der Waals surface area contributed by atoms with E-state index in [1.807, 2.05) is 48.0 Å². The first-order chi connectivity index (χ1) is 15.4. The van der Waals surface area contributed by atoms with Gasteiger partial charge in [-0.05, 0) is 54.6 Å². The number of anilines is 2. The first-order valence-corrected chi connectivity index (χ1v) is 13.0. The van der Waals surface area contributed by atoms with Crippen LogP contribution in [0.1, 0.15) is 22.8 Å². The van der Waals surface area contributed by atoms with Crippen molar-refractivity contribution in [2.75, 3.05) is 9.62 Å². The minimum atomic E-state index is -3.83. The normalized spacial score (nSPS) is 15.5. The van der Waals surface area contributed by atoms with Crippen molar-refractivity contribution in [3.05, 3.63) is 76.5 Å². The minimum Gasteiger partial charge on any atom is -0.296 e. The number of nitrogens with zero attached hydrogens (tertiary/aromatic N) is 3. The first-order valence-electron chi connectivity index (χ1n) is 9.83. The summed E-state index contributed by atoms with van der Waals surface area (Å²) in [5.74, 6) is -0.440. The fraction of sp³-hybridized carbons (Fsp3) is 0.136. The SMILES string of the molecule is CC1Cc2ccccc2N1S(=O)(=O)c1cccc(C(=O)Nc2nnc(-c3ccsc3)s2)c1. The molecule has 3 heterocycles. The van der Waals surface area contributed by atoms with Crippen molar-refractivity contribution in [2.45, 2.75) is 24.3 Å². The first kappa shape index (κ1) is 20.8. The number of amides is 1. The summed E-state index contributed by atoms with van der Waals surface area (Å²) in [5.41, 5.74) is 2.86. The van der Waals surface area contributed by atoms with Gasteiger partial charge in [-0.1, -0.05) is 35.6 Å². The number of hydrogen-bond donors (Lipinski definition) is 1. The zero-order valence-corrected chi connectivity index (χ0v) is 19.4. The average molecular weight is 483 g/mol. The smallest absolute Gasteiger partial charge is 0.264 e. The molecule has 1 atom stereocenters. The van der Waals surface area contributed by atoms with E-state index in [1.165, 1.54) is 27.8 Å². The molecule has 10 heteroatoms. The highest BCUT2D eigenvalue weighted by Crippen LogP contribution is 2.36. The van der Waals surface area contributed by atoms with Gasteiger partial charge in [0.15, 0.2) is 0 Å². The third-order valence-corrected chi connectivity index (χ3v) is 8.71. The molecule has 5 rings (SSSR count). The molecule has 0 bridgehead atoms. The lowest BCUT2D eigenvalue weighted by atomic mass is 10.1. The molecule has 2 aromatic heterocycles. The molecule has 0 aliphatic carbocycles. The van der Waals surface area contributed by atoms with Gasteiger partial charge in [-0.25, -0.2) is 8.42 Å². The summed E-state index contributed by atoms with van der Waals surface area (Å²) in [7, 11) is -3.83. The van der Waals surface area contributed by atoms with E-state index < -0.39 is 15.9 Å². The van der Waals surface area contributed by atoms with Crippen molar-refractivity contribution < 1.29 is 13.2 Å².